The van der Waals surface area contributed by atoms with Crippen LogP contribution < -0.4 is 4.65 Å². The summed E-state index contributed by atoms with van der Waals surface area (Å²) in [6.07, 6.45) is 4.32. The van der Waals surface area contributed by atoms with Crippen LogP contribution in [-0.4, -0.2) is 13.1 Å². The number of nitrogens with zero attached hydrogens (tertiary/aromatic N) is 1. The zero-order valence-electron chi connectivity index (χ0n) is 8.33. The summed E-state index contributed by atoms with van der Waals surface area (Å²) >= 11 is 0. The summed E-state index contributed by atoms with van der Waals surface area (Å²) in [7, 11) is 0. The maximum atomic E-state index is 12.5. The lowest BCUT2D eigenvalue weighted by Crippen LogP contribution is -2.50. The normalized spacial score (nSPS) is 22.9. The van der Waals surface area contributed by atoms with Gasteiger partial charge in [0.05, 0.1) is 13.1 Å². The number of hydrogen-bond acceptors (Lipinski definition) is 1. The lowest BCUT2D eigenvalue weighted by atomic mass is 9.92. The second kappa shape index (κ2) is 2.81. The third-order valence-corrected chi connectivity index (χ3v) is 3.54. The molecule has 0 bridgehead atoms. The maximum Gasteiger partial charge on any atom is 0.139 e. The van der Waals surface area contributed by atoms with Crippen molar-refractivity contribution in [3.05, 3.63) is 34.5 Å². The van der Waals surface area contributed by atoms with Crippen LogP contribution in [0.2, 0.25) is 0 Å². The molecule has 0 radical (unpaired) electrons. The highest BCUT2D eigenvalue weighted by Gasteiger charge is 2.33. The van der Waals surface area contributed by atoms with Crippen LogP contribution in [0.1, 0.15) is 24.0 Å². The number of rotatable bonds is 0. The van der Waals surface area contributed by atoms with E-state index in [9.17, 15) is 5.21 Å². The summed E-state index contributed by atoms with van der Waals surface area (Å²) in [6, 6.07) is 6.37. The Morgan fingerprint density at radius 3 is 2.14 bits per heavy atom. The standard InChI is InChI=1S/C12H15NO/c14-13-8-2-6-10-4-1-5-11(12(10)13)7-3-9-13/h1,4-5H,2-3,6-9H2. The molecule has 1 aromatic carbocycles. The van der Waals surface area contributed by atoms with Crippen molar-refractivity contribution in [3.63, 3.8) is 0 Å². The van der Waals surface area contributed by atoms with E-state index in [0.29, 0.717) is 0 Å². The zero-order chi connectivity index (χ0) is 9.60. The van der Waals surface area contributed by atoms with Gasteiger partial charge in [-0.2, -0.15) is 0 Å². The maximum absolute atomic E-state index is 12.5. The second-order valence-corrected chi connectivity index (χ2v) is 4.47. The van der Waals surface area contributed by atoms with Gasteiger partial charge >= 0.3 is 0 Å². The summed E-state index contributed by atoms with van der Waals surface area (Å²) in [4.78, 5) is 0. The van der Waals surface area contributed by atoms with Gasteiger partial charge in [-0.3, -0.25) is 0 Å². The van der Waals surface area contributed by atoms with Gasteiger partial charge in [0.25, 0.3) is 0 Å². The van der Waals surface area contributed by atoms with Crippen molar-refractivity contribution in [2.75, 3.05) is 13.1 Å². The van der Waals surface area contributed by atoms with Crippen LogP contribution in [0.15, 0.2) is 18.2 Å². The molecule has 0 unspecified atom stereocenters. The molecule has 0 N–H and O–H groups in total. The highest BCUT2D eigenvalue weighted by atomic mass is 16.5. The minimum absolute atomic E-state index is 0.0362. The predicted molar refractivity (Wildman–Crippen MR) is 58.0 cm³/mol. The SMILES string of the molecule is [O-][N+]12CCCc3cccc(c31)CCC2. The molecule has 0 amide bonds. The quantitative estimate of drug-likeness (QED) is 0.454. The minimum Gasteiger partial charge on any atom is -0.627 e. The number of aryl methyl sites for hydroxylation is 2. The van der Waals surface area contributed by atoms with Crippen LogP contribution >= 0.6 is 0 Å². The van der Waals surface area contributed by atoms with E-state index >= 15 is 0 Å². The number of quaternary nitrogens is 1. The van der Waals surface area contributed by atoms with Crippen LogP contribution in [0.4, 0.5) is 5.69 Å². The van der Waals surface area contributed by atoms with Crippen molar-refractivity contribution < 1.29 is 0 Å². The summed E-state index contributed by atoms with van der Waals surface area (Å²) in [6.45, 7) is 1.59. The molecule has 3 rings (SSSR count). The molecular formula is C12H15NO. The summed E-state index contributed by atoms with van der Waals surface area (Å²) < 4.78 is -0.0362. The Balaban J connectivity index is 2.25. The summed E-state index contributed by atoms with van der Waals surface area (Å²) in [5, 5.41) is 12.5. The van der Waals surface area contributed by atoms with E-state index in [-0.39, 0.29) is 4.65 Å². The van der Waals surface area contributed by atoms with E-state index in [4.69, 9.17) is 0 Å². The van der Waals surface area contributed by atoms with Crippen molar-refractivity contribution in [2.45, 2.75) is 25.7 Å². The van der Waals surface area contributed by atoms with Gasteiger partial charge in [-0.1, -0.05) is 18.2 Å². The van der Waals surface area contributed by atoms with Gasteiger partial charge in [0.2, 0.25) is 0 Å². The van der Waals surface area contributed by atoms with Gasteiger partial charge < -0.3 is 9.85 Å². The first-order chi connectivity index (χ1) is 6.80. The van der Waals surface area contributed by atoms with Crippen molar-refractivity contribution in [3.8, 4) is 0 Å². The van der Waals surface area contributed by atoms with Gasteiger partial charge in [-0.15, -0.1) is 0 Å². The molecule has 0 atom stereocenters. The van der Waals surface area contributed by atoms with Gasteiger partial charge in [-0.05, 0) is 12.8 Å². The average Bonchev–Trinajstić information content (AvgIpc) is 2.18. The average molecular weight is 189 g/mol. The Morgan fingerprint density at radius 2 is 1.57 bits per heavy atom. The highest BCUT2D eigenvalue weighted by Crippen LogP contribution is 2.39. The first-order valence-corrected chi connectivity index (χ1v) is 5.49. The molecule has 0 saturated heterocycles. The first kappa shape index (κ1) is 8.45. The zero-order valence-corrected chi connectivity index (χ0v) is 8.33. The van der Waals surface area contributed by atoms with Crippen molar-refractivity contribution >= 4 is 5.69 Å². The van der Waals surface area contributed by atoms with Crippen molar-refractivity contribution in [2.24, 2.45) is 0 Å². The Labute approximate surface area is 84.3 Å². The van der Waals surface area contributed by atoms with Crippen LogP contribution in [0, 0.1) is 5.21 Å². The summed E-state index contributed by atoms with van der Waals surface area (Å²) in [5.41, 5.74) is 3.73. The van der Waals surface area contributed by atoms with Gasteiger partial charge in [-0.25, -0.2) is 0 Å². The molecule has 14 heavy (non-hydrogen) atoms. The minimum atomic E-state index is -0.0362. The molecule has 2 heteroatoms. The van der Waals surface area contributed by atoms with Crippen LogP contribution in [0.3, 0.4) is 0 Å². The van der Waals surface area contributed by atoms with Crippen LogP contribution in [0.25, 0.3) is 0 Å². The van der Waals surface area contributed by atoms with E-state index in [0.717, 1.165) is 44.5 Å². The molecule has 0 aromatic heterocycles. The van der Waals surface area contributed by atoms with Gasteiger partial charge in [0.15, 0.2) is 0 Å². The third-order valence-electron chi connectivity index (χ3n) is 3.54. The fourth-order valence-corrected chi connectivity index (χ4v) is 2.96. The Kier molecular flexibility index (Phi) is 1.70. The number of para-hydroxylation sites is 1. The fourth-order valence-electron chi connectivity index (χ4n) is 2.96. The Hall–Kier alpha value is -0.860. The topological polar surface area (TPSA) is 23.1 Å². The molecule has 0 spiro atoms. The summed E-state index contributed by atoms with van der Waals surface area (Å²) in [5.74, 6) is 0. The number of hydrogen-bond donors (Lipinski definition) is 0. The molecule has 2 aliphatic rings. The van der Waals surface area contributed by atoms with E-state index in [1.165, 1.54) is 11.1 Å². The molecule has 2 heterocycles. The molecule has 1 aromatic rings. The third kappa shape index (κ3) is 1.04. The monoisotopic (exact) mass is 189 g/mol. The number of hydroxylamine groups is 2. The molecule has 2 nitrogen and oxygen atoms in total. The van der Waals surface area contributed by atoms with E-state index in [1.807, 2.05) is 0 Å². The number of benzene rings is 1. The Morgan fingerprint density at radius 1 is 1.00 bits per heavy atom. The molecular weight excluding hydrogens is 174 g/mol. The van der Waals surface area contributed by atoms with Crippen LogP contribution in [0.5, 0.6) is 0 Å². The smallest absolute Gasteiger partial charge is 0.139 e. The van der Waals surface area contributed by atoms with Crippen molar-refractivity contribution in [1.82, 2.24) is 4.65 Å². The molecule has 0 fully saturated rings. The van der Waals surface area contributed by atoms with E-state index < -0.39 is 0 Å². The van der Waals surface area contributed by atoms with Crippen LogP contribution in [-0.2, 0) is 12.8 Å². The molecule has 74 valence electrons. The van der Waals surface area contributed by atoms with Gasteiger partial charge in [0.1, 0.15) is 5.69 Å². The lowest BCUT2D eigenvalue weighted by Gasteiger charge is -2.49. The van der Waals surface area contributed by atoms with Gasteiger partial charge in [0, 0.05) is 24.0 Å². The predicted octanol–water partition coefficient (Wildman–Crippen LogP) is 2.38. The largest absolute Gasteiger partial charge is 0.627 e. The fraction of sp³-hybridized carbons (Fsp3) is 0.500. The molecule has 2 aliphatic heterocycles. The second-order valence-electron chi connectivity index (χ2n) is 4.47. The highest BCUT2D eigenvalue weighted by molar-refractivity contribution is 5.60. The van der Waals surface area contributed by atoms with Crippen molar-refractivity contribution in [1.29, 1.82) is 0 Å². The first-order valence-electron chi connectivity index (χ1n) is 5.49. The lowest BCUT2D eigenvalue weighted by molar-refractivity contribution is 0.323. The molecule has 0 aliphatic carbocycles. The van der Waals surface area contributed by atoms with E-state index in [1.54, 1.807) is 0 Å². The molecule has 0 saturated carbocycles. The van der Waals surface area contributed by atoms with E-state index in [2.05, 4.69) is 18.2 Å². The Bertz CT molecular complexity index is 344.